The summed E-state index contributed by atoms with van der Waals surface area (Å²) < 4.78 is 11.2. The number of aryl methyl sites for hydroxylation is 1. The fraction of sp³-hybridized carbons (Fsp3) is 0.333. The van der Waals surface area contributed by atoms with Crippen LogP contribution in [0.25, 0.3) is 0 Å². The van der Waals surface area contributed by atoms with E-state index < -0.39 is 0 Å². The molecule has 2 rings (SSSR count). The van der Waals surface area contributed by atoms with Crippen LogP contribution in [0.5, 0.6) is 5.75 Å². The highest BCUT2D eigenvalue weighted by Crippen LogP contribution is 2.22. The van der Waals surface area contributed by atoms with Crippen molar-refractivity contribution in [1.82, 2.24) is 5.32 Å². The van der Waals surface area contributed by atoms with Gasteiger partial charge in [0.15, 0.2) is 0 Å². The predicted octanol–water partition coefficient (Wildman–Crippen LogP) is 3.19. The maximum atomic E-state index is 5.78. The van der Waals surface area contributed by atoms with Crippen molar-refractivity contribution < 1.29 is 9.15 Å². The summed E-state index contributed by atoms with van der Waals surface area (Å²) in [7, 11) is 1.92. The standard InChI is InChI=1S/C15H19NO2/c1-11-5-4-6-15(12(11)2)18-10-14-7-13(8-16-3)9-17-14/h4-7,9,16H,8,10H2,1-3H3. The van der Waals surface area contributed by atoms with Gasteiger partial charge in [0, 0.05) is 12.1 Å². The molecule has 1 N–H and O–H groups in total. The molecule has 1 aromatic heterocycles. The Labute approximate surface area is 108 Å². The van der Waals surface area contributed by atoms with Crippen molar-refractivity contribution in [1.29, 1.82) is 0 Å². The fourth-order valence-corrected chi connectivity index (χ4v) is 1.83. The lowest BCUT2D eigenvalue weighted by Crippen LogP contribution is -2.03. The highest BCUT2D eigenvalue weighted by atomic mass is 16.5. The molecule has 1 aromatic carbocycles. The van der Waals surface area contributed by atoms with Gasteiger partial charge in [-0.05, 0) is 44.2 Å². The first-order valence-corrected chi connectivity index (χ1v) is 6.10. The van der Waals surface area contributed by atoms with Crippen molar-refractivity contribution in [3.63, 3.8) is 0 Å². The number of hydrogen-bond donors (Lipinski definition) is 1. The summed E-state index contributed by atoms with van der Waals surface area (Å²) in [6.07, 6.45) is 1.76. The Bertz CT molecular complexity index is 517. The smallest absolute Gasteiger partial charge is 0.146 e. The molecule has 1 heterocycles. The van der Waals surface area contributed by atoms with Gasteiger partial charge in [-0.3, -0.25) is 0 Å². The van der Waals surface area contributed by atoms with Crippen LogP contribution in [0.4, 0.5) is 0 Å². The highest BCUT2D eigenvalue weighted by Gasteiger charge is 2.05. The van der Waals surface area contributed by atoms with Crippen molar-refractivity contribution in [2.45, 2.75) is 27.0 Å². The number of benzene rings is 1. The van der Waals surface area contributed by atoms with Gasteiger partial charge in [0.2, 0.25) is 0 Å². The Hall–Kier alpha value is -1.74. The van der Waals surface area contributed by atoms with E-state index in [-0.39, 0.29) is 0 Å². The molecular weight excluding hydrogens is 226 g/mol. The van der Waals surface area contributed by atoms with Crippen LogP contribution in [0.2, 0.25) is 0 Å². The Kier molecular flexibility index (Phi) is 4.05. The zero-order valence-corrected chi connectivity index (χ0v) is 11.1. The molecule has 18 heavy (non-hydrogen) atoms. The molecule has 0 bridgehead atoms. The largest absolute Gasteiger partial charge is 0.485 e. The van der Waals surface area contributed by atoms with Gasteiger partial charge >= 0.3 is 0 Å². The van der Waals surface area contributed by atoms with Gasteiger partial charge in [-0.1, -0.05) is 12.1 Å². The third kappa shape index (κ3) is 2.93. The van der Waals surface area contributed by atoms with Crippen LogP contribution in [0.3, 0.4) is 0 Å². The maximum Gasteiger partial charge on any atom is 0.146 e. The van der Waals surface area contributed by atoms with Crippen LogP contribution in [-0.4, -0.2) is 7.05 Å². The number of rotatable bonds is 5. The zero-order valence-electron chi connectivity index (χ0n) is 11.1. The molecule has 0 fully saturated rings. The van der Waals surface area contributed by atoms with Crippen molar-refractivity contribution in [2.75, 3.05) is 7.05 Å². The average Bonchev–Trinajstić information content (AvgIpc) is 2.79. The first-order chi connectivity index (χ1) is 8.70. The number of ether oxygens (including phenoxy) is 1. The van der Waals surface area contributed by atoms with Crippen molar-refractivity contribution in [3.8, 4) is 5.75 Å². The Morgan fingerprint density at radius 3 is 2.89 bits per heavy atom. The third-order valence-corrected chi connectivity index (χ3v) is 3.01. The molecule has 0 spiro atoms. The summed E-state index contributed by atoms with van der Waals surface area (Å²) >= 11 is 0. The SMILES string of the molecule is CNCc1coc(COc2cccc(C)c2C)c1. The number of hydrogen-bond acceptors (Lipinski definition) is 3. The van der Waals surface area contributed by atoms with Crippen LogP contribution in [0.15, 0.2) is 34.9 Å². The zero-order chi connectivity index (χ0) is 13.0. The third-order valence-electron chi connectivity index (χ3n) is 3.01. The van der Waals surface area contributed by atoms with E-state index in [1.54, 1.807) is 6.26 Å². The highest BCUT2D eigenvalue weighted by molar-refractivity contribution is 5.38. The quantitative estimate of drug-likeness (QED) is 0.878. The second kappa shape index (κ2) is 5.74. The molecule has 3 nitrogen and oxygen atoms in total. The Morgan fingerprint density at radius 2 is 2.11 bits per heavy atom. The van der Waals surface area contributed by atoms with E-state index in [2.05, 4.69) is 25.2 Å². The van der Waals surface area contributed by atoms with E-state index >= 15 is 0 Å². The van der Waals surface area contributed by atoms with Gasteiger partial charge in [0.05, 0.1) is 6.26 Å². The van der Waals surface area contributed by atoms with Crippen LogP contribution in [-0.2, 0) is 13.2 Å². The van der Waals surface area contributed by atoms with E-state index in [0.29, 0.717) is 6.61 Å². The molecule has 0 amide bonds. The second-order valence-electron chi connectivity index (χ2n) is 4.44. The van der Waals surface area contributed by atoms with Crippen LogP contribution < -0.4 is 10.1 Å². The summed E-state index contributed by atoms with van der Waals surface area (Å²) in [4.78, 5) is 0. The van der Waals surface area contributed by atoms with Gasteiger partial charge in [-0.15, -0.1) is 0 Å². The van der Waals surface area contributed by atoms with E-state index in [0.717, 1.165) is 23.6 Å². The van der Waals surface area contributed by atoms with Crippen molar-refractivity contribution >= 4 is 0 Å². The normalized spacial score (nSPS) is 10.6. The summed E-state index contributed by atoms with van der Waals surface area (Å²) in [6, 6.07) is 8.09. The van der Waals surface area contributed by atoms with Gasteiger partial charge in [0.1, 0.15) is 18.1 Å². The molecule has 0 aliphatic carbocycles. The van der Waals surface area contributed by atoms with E-state index in [1.165, 1.54) is 11.1 Å². The lowest BCUT2D eigenvalue weighted by molar-refractivity contribution is 0.268. The minimum atomic E-state index is 0.466. The first kappa shape index (κ1) is 12.7. The molecule has 0 radical (unpaired) electrons. The lowest BCUT2D eigenvalue weighted by Gasteiger charge is -2.09. The minimum absolute atomic E-state index is 0.466. The van der Waals surface area contributed by atoms with Crippen molar-refractivity contribution in [3.05, 3.63) is 53.0 Å². The molecule has 0 aliphatic heterocycles. The fourth-order valence-electron chi connectivity index (χ4n) is 1.83. The van der Waals surface area contributed by atoms with E-state index in [4.69, 9.17) is 9.15 Å². The molecule has 2 aromatic rings. The van der Waals surface area contributed by atoms with Gasteiger partial charge in [-0.2, -0.15) is 0 Å². The lowest BCUT2D eigenvalue weighted by atomic mass is 10.1. The van der Waals surface area contributed by atoms with Gasteiger partial charge < -0.3 is 14.5 Å². The molecule has 0 aliphatic rings. The summed E-state index contributed by atoms with van der Waals surface area (Å²) in [5.74, 6) is 1.77. The van der Waals surface area contributed by atoms with Gasteiger partial charge in [-0.25, -0.2) is 0 Å². The van der Waals surface area contributed by atoms with E-state index in [1.807, 2.05) is 25.2 Å². The van der Waals surface area contributed by atoms with Crippen molar-refractivity contribution in [2.24, 2.45) is 0 Å². The monoisotopic (exact) mass is 245 g/mol. The minimum Gasteiger partial charge on any atom is -0.485 e. The molecular formula is C15H19NO2. The summed E-state index contributed by atoms with van der Waals surface area (Å²) in [5, 5.41) is 3.09. The predicted molar refractivity (Wildman–Crippen MR) is 71.7 cm³/mol. The maximum absolute atomic E-state index is 5.78. The molecule has 0 unspecified atom stereocenters. The van der Waals surface area contributed by atoms with Crippen LogP contribution in [0, 0.1) is 13.8 Å². The first-order valence-electron chi connectivity index (χ1n) is 6.10. The van der Waals surface area contributed by atoms with E-state index in [9.17, 15) is 0 Å². The summed E-state index contributed by atoms with van der Waals surface area (Å²) in [6.45, 7) is 5.43. The number of furan rings is 1. The van der Waals surface area contributed by atoms with Gasteiger partial charge in [0.25, 0.3) is 0 Å². The topological polar surface area (TPSA) is 34.4 Å². The molecule has 0 atom stereocenters. The van der Waals surface area contributed by atoms with Crippen LogP contribution >= 0.6 is 0 Å². The Balaban J connectivity index is 2.00. The Morgan fingerprint density at radius 1 is 1.28 bits per heavy atom. The summed E-state index contributed by atoms with van der Waals surface area (Å²) in [5.41, 5.74) is 3.55. The second-order valence-corrected chi connectivity index (χ2v) is 4.44. The molecule has 0 saturated carbocycles. The molecule has 3 heteroatoms. The average molecular weight is 245 g/mol. The van der Waals surface area contributed by atoms with Crippen LogP contribution in [0.1, 0.15) is 22.5 Å². The number of nitrogens with one attached hydrogen (secondary N) is 1. The molecule has 96 valence electrons. The molecule has 0 saturated heterocycles.